The SMILES string of the molecule is C=C(C)c1ccc(C)cc1-c1c(O)cc(CCCCC)c(C(=O)N2CCN(S(C)(=O)=O)CC2)c1O. The number of amides is 1. The first-order valence-electron chi connectivity index (χ1n) is 12.0. The summed E-state index contributed by atoms with van der Waals surface area (Å²) in [4.78, 5) is 15.3. The number of unbranched alkanes of at least 4 members (excludes halogenated alkanes) is 2. The van der Waals surface area contributed by atoms with E-state index in [4.69, 9.17) is 0 Å². The molecular formula is C27H36N2O5S. The van der Waals surface area contributed by atoms with Crippen LogP contribution in [0.2, 0.25) is 0 Å². The number of phenols is 2. The van der Waals surface area contributed by atoms with Gasteiger partial charge in [0.15, 0.2) is 0 Å². The molecule has 1 fully saturated rings. The van der Waals surface area contributed by atoms with Gasteiger partial charge in [-0.15, -0.1) is 0 Å². The lowest BCUT2D eigenvalue weighted by atomic mass is 9.88. The number of benzene rings is 2. The zero-order valence-corrected chi connectivity index (χ0v) is 21.9. The summed E-state index contributed by atoms with van der Waals surface area (Å²) >= 11 is 0. The van der Waals surface area contributed by atoms with E-state index in [-0.39, 0.29) is 54.7 Å². The molecule has 0 unspecified atom stereocenters. The second-order valence-electron chi connectivity index (χ2n) is 9.39. The van der Waals surface area contributed by atoms with E-state index in [9.17, 15) is 23.4 Å². The molecule has 0 aromatic heterocycles. The van der Waals surface area contributed by atoms with Crippen LogP contribution in [-0.2, 0) is 16.4 Å². The highest BCUT2D eigenvalue weighted by Crippen LogP contribution is 2.45. The Bertz CT molecular complexity index is 1230. The van der Waals surface area contributed by atoms with Crippen LogP contribution in [0.1, 0.15) is 60.2 Å². The van der Waals surface area contributed by atoms with E-state index in [0.717, 1.165) is 42.2 Å². The Kier molecular flexibility index (Phi) is 8.28. The maximum absolute atomic E-state index is 13.7. The van der Waals surface area contributed by atoms with E-state index in [0.29, 0.717) is 17.5 Å². The van der Waals surface area contributed by atoms with Crippen LogP contribution >= 0.6 is 0 Å². The fourth-order valence-electron chi connectivity index (χ4n) is 4.59. The molecule has 1 saturated heterocycles. The second-order valence-corrected chi connectivity index (χ2v) is 11.4. The van der Waals surface area contributed by atoms with E-state index in [2.05, 4.69) is 13.5 Å². The van der Waals surface area contributed by atoms with Crippen LogP contribution in [0.4, 0.5) is 0 Å². The van der Waals surface area contributed by atoms with Crippen LogP contribution < -0.4 is 0 Å². The molecule has 2 N–H and O–H groups in total. The number of sulfonamides is 1. The van der Waals surface area contributed by atoms with Crippen molar-refractivity contribution < 1.29 is 23.4 Å². The molecular weight excluding hydrogens is 464 g/mol. The maximum Gasteiger partial charge on any atom is 0.258 e. The Hall–Kier alpha value is -2.84. The minimum Gasteiger partial charge on any atom is -0.507 e. The van der Waals surface area contributed by atoms with E-state index in [1.54, 1.807) is 11.0 Å². The molecule has 190 valence electrons. The van der Waals surface area contributed by atoms with Crippen molar-refractivity contribution >= 4 is 21.5 Å². The molecule has 0 saturated carbocycles. The fraction of sp³-hybridized carbons (Fsp3) is 0.444. The first kappa shape index (κ1) is 26.8. The first-order chi connectivity index (χ1) is 16.5. The summed E-state index contributed by atoms with van der Waals surface area (Å²) in [6.45, 7) is 10.8. The summed E-state index contributed by atoms with van der Waals surface area (Å²) in [5.74, 6) is -0.686. The molecule has 8 heteroatoms. The number of hydrogen-bond donors (Lipinski definition) is 2. The van der Waals surface area contributed by atoms with Gasteiger partial charge in [0.1, 0.15) is 11.5 Å². The number of phenolic OH excluding ortho intramolecular Hbond substituents is 2. The molecule has 3 rings (SSSR count). The largest absolute Gasteiger partial charge is 0.507 e. The molecule has 7 nitrogen and oxygen atoms in total. The normalized spacial score (nSPS) is 14.8. The number of carbonyl (C=O) groups is 1. The second kappa shape index (κ2) is 10.8. The third-order valence-corrected chi connectivity index (χ3v) is 7.83. The van der Waals surface area contributed by atoms with Gasteiger partial charge >= 0.3 is 0 Å². The fourth-order valence-corrected chi connectivity index (χ4v) is 5.42. The summed E-state index contributed by atoms with van der Waals surface area (Å²) in [7, 11) is -3.33. The quantitative estimate of drug-likeness (QED) is 0.518. The number of aromatic hydroxyl groups is 2. The van der Waals surface area contributed by atoms with Gasteiger partial charge in [-0.1, -0.05) is 55.7 Å². The van der Waals surface area contributed by atoms with Gasteiger partial charge < -0.3 is 15.1 Å². The average Bonchev–Trinajstić information content (AvgIpc) is 2.78. The van der Waals surface area contributed by atoms with Gasteiger partial charge in [0.25, 0.3) is 5.91 Å². The van der Waals surface area contributed by atoms with Crippen molar-refractivity contribution in [3.8, 4) is 22.6 Å². The maximum atomic E-state index is 13.7. The summed E-state index contributed by atoms with van der Waals surface area (Å²) in [5.41, 5.74) is 4.09. The molecule has 1 amide bonds. The lowest BCUT2D eigenvalue weighted by molar-refractivity contribution is 0.0694. The molecule has 1 heterocycles. The average molecular weight is 501 g/mol. The highest BCUT2D eigenvalue weighted by Gasteiger charge is 2.31. The minimum absolute atomic E-state index is 0.0828. The van der Waals surface area contributed by atoms with Gasteiger partial charge in [-0.2, -0.15) is 4.31 Å². The van der Waals surface area contributed by atoms with E-state index < -0.39 is 10.0 Å². The molecule has 2 aromatic carbocycles. The van der Waals surface area contributed by atoms with Crippen molar-refractivity contribution in [1.29, 1.82) is 0 Å². The molecule has 35 heavy (non-hydrogen) atoms. The lowest BCUT2D eigenvalue weighted by Gasteiger charge is -2.34. The van der Waals surface area contributed by atoms with Crippen molar-refractivity contribution in [3.05, 3.63) is 53.1 Å². The molecule has 0 atom stereocenters. The number of rotatable bonds is 8. The highest BCUT2D eigenvalue weighted by atomic mass is 32.2. The van der Waals surface area contributed by atoms with Crippen LogP contribution in [0.3, 0.4) is 0 Å². The Balaban J connectivity index is 2.11. The van der Waals surface area contributed by atoms with Crippen LogP contribution in [0.15, 0.2) is 30.8 Å². The Morgan fingerprint density at radius 1 is 1.09 bits per heavy atom. The smallest absolute Gasteiger partial charge is 0.258 e. The third kappa shape index (κ3) is 5.87. The number of piperazine rings is 1. The molecule has 2 aromatic rings. The van der Waals surface area contributed by atoms with Gasteiger partial charge in [0.2, 0.25) is 10.0 Å². The lowest BCUT2D eigenvalue weighted by Crippen LogP contribution is -2.50. The van der Waals surface area contributed by atoms with Gasteiger partial charge in [-0.05, 0) is 49.4 Å². The molecule has 1 aliphatic heterocycles. The van der Waals surface area contributed by atoms with Crippen LogP contribution in [0.25, 0.3) is 16.7 Å². The molecule has 1 aliphatic rings. The van der Waals surface area contributed by atoms with E-state index in [1.807, 2.05) is 32.0 Å². The molecule has 0 aliphatic carbocycles. The predicted octanol–water partition coefficient (Wildman–Crippen LogP) is 4.56. The zero-order chi connectivity index (χ0) is 25.9. The summed E-state index contributed by atoms with van der Waals surface area (Å²) < 4.78 is 25.1. The van der Waals surface area contributed by atoms with Crippen molar-refractivity contribution in [1.82, 2.24) is 9.21 Å². The topological polar surface area (TPSA) is 98.2 Å². The van der Waals surface area contributed by atoms with Crippen LogP contribution in [0.5, 0.6) is 11.5 Å². The molecule has 0 spiro atoms. The zero-order valence-electron chi connectivity index (χ0n) is 21.1. The summed E-state index contributed by atoms with van der Waals surface area (Å²) in [6.07, 6.45) is 4.48. The highest BCUT2D eigenvalue weighted by molar-refractivity contribution is 7.88. The van der Waals surface area contributed by atoms with Gasteiger partial charge in [0.05, 0.1) is 17.4 Å². The number of carbonyl (C=O) groups excluding carboxylic acids is 1. The van der Waals surface area contributed by atoms with Crippen LogP contribution in [0, 0.1) is 6.92 Å². The Labute approximate surface area is 208 Å². The van der Waals surface area contributed by atoms with Crippen molar-refractivity contribution in [3.63, 3.8) is 0 Å². The predicted molar refractivity (Wildman–Crippen MR) is 140 cm³/mol. The van der Waals surface area contributed by atoms with E-state index >= 15 is 0 Å². The Morgan fingerprint density at radius 3 is 2.31 bits per heavy atom. The molecule has 0 radical (unpaired) electrons. The van der Waals surface area contributed by atoms with Crippen LogP contribution in [-0.4, -0.2) is 66.2 Å². The minimum atomic E-state index is -3.33. The third-order valence-electron chi connectivity index (χ3n) is 6.52. The molecule has 0 bridgehead atoms. The first-order valence-corrected chi connectivity index (χ1v) is 13.9. The van der Waals surface area contributed by atoms with Gasteiger partial charge in [-0.25, -0.2) is 8.42 Å². The number of nitrogens with zero attached hydrogens (tertiary/aromatic N) is 2. The number of hydrogen-bond acceptors (Lipinski definition) is 5. The number of allylic oxidation sites excluding steroid dienone is 1. The van der Waals surface area contributed by atoms with Gasteiger partial charge in [-0.3, -0.25) is 4.79 Å². The van der Waals surface area contributed by atoms with Gasteiger partial charge in [0, 0.05) is 26.2 Å². The Morgan fingerprint density at radius 2 is 1.74 bits per heavy atom. The van der Waals surface area contributed by atoms with E-state index in [1.165, 1.54) is 4.31 Å². The monoisotopic (exact) mass is 500 g/mol. The standard InChI is InChI=1S/C27H36N2O5S/c1-6-7-8-9-20-17-23(30)25(22-16-19(4)10-11-21(22)18(2)3)26(31)24(20)27(32)28-12-14-29(15-13-28)35(5,33)34/h10-11,16-17,30-31H,2,6-9,12-15H2,1,3-5H3. The number of aryl methyl sites for hydroxylation is 2. The van der Waals surface area contributed by atoms with Crippen molar-refractivity contribution in [2.45, 2.75) is 46.5 Å². The summed E-state index contributed by atoms with van der Waals surface area (Å²) in [5, 5.41) is 22.5. The van der Waals surface area contributed by atoms with Crippen molar-refractivity contribution in [2.24, 2.45) is 0 Å². The van der Waals surface area contributed by atoms with Crippen molar-refractivity contribution in [2.75, 3.05) is 32.4 Å². The summed E-state index contributed by atoms with van der Waals surface area (Å²) in [6, 6.07) is 7.30.